The van der Waals surface area contributed by atoms with Gasteiger partial charge in [-0.3, -0.25) is 4.40 Å². The van der Waals surface area contributed by atoms with Crippen LogP contribution in [0.2, 0.25) is 0 Å². The van der Waals surface area contributed by atoms with Crippen LogP contribution in [0.1, 0.15) is 16.3 Å². The molecule has 0 amide bonds. The van der Waals surface area contributed by atoms with Crippen molar-refractivity contribution in [1.29, 1.82) is 0 Å². The van der Waals surface area contributed by atoms with Crippen molar-refractivity contribution < 1.29 is 23.7 Å². The van der Waals surface area contributed by atoms with Gasteiger partial charge in [0.1, 0.15) is 12.4 Å². The van der Waals surface area contributed by atoms with Gasteiger partial charge in [0.2, 0.25) is 11.8 Å². The van der Waals surface area contributed by atoms with Crippen LogP contribution in [0.5, 0.6) is 28.7 Å². The molecule has 4 aromatic rings. The summed E-state index contributed by atoms with van der Waals surface area (Å²) in [6.07, 6.45) is 2.81. The zero-order valence-electron chi connectivity index (χ0n) is 16.5. The summed E-state index contributed by atoms with van der Waals surface area (Å²) in [6, 6.07) is 11.4. The van der Waals surface area contributed by atoms with Gasteiger partial charge in [0.15, 0.2) is 28.8 Å². The Kier molecular flexibility index (Phi) is 4.80. The monoisotopic (exact) mass is 425 g/mol. The van der Waals surface area contributed by atoms with E-state index in [0.717, 1.165) is 44.9 Å². The number of ether oxygens (including phenoxy) is 5. The molecule has 0 saturated heterocycles. The second-order valence-electron chi connectivity index (χ2n) is 6.64. The first kappa shape index (κ1) is 18.6. The maximum Gasteiger partial charge on any atom is 0.231 e. The first-order valence-corrected chi connectivity index (χ1v) is 10.1. The summed E-state index contributed by atoms with van der Waals surface area (Å²) in [5.74, 6) is 4.27. The first-order chi connectivity index (χ1) is 14.7. The van der Waals surface area contributed by atoms with Gasteiger partial charge < -0.3 is 23.7 Å². The molecule has 1 aliphatic heterocycles. The Morgan fingerprint density at radius 1 is 1.00 bits per heavy atom. The minimum absolute atomic E-state index is 0.237. The lowest BCUT2D eigenvalue weighted by Crippen LogP contribution is -2.00. The van der Waals surface area contributed by atoms with E-state index in [4.69, 9.17) is 23.7 Å². The molecule has 154 valence electrons. The van der Waals surface area contributed by atoms with E-state index in [9.17, 15) is 0 Å². The molecule has 9 heteroatoms. The number of nitrogens with zero attached hydrogens (tertiary/aromatic N) is 3. The van der Waals surface area contributed by atoms with Crippen LogP contribution in [-0.2, 0) is 13.0 Å². The molecule has 5 rings (SSSR count). The fraction of sp³-hybridized carbons (Fsp3) is 0.238. The van der Waals surface area contributed by atoms with Crippen molar-refractivity contribution in [1.82, 2.24) is 14.6 Å². The minimum Gasteiger partial charge on any atom is -0.493 e. The third-order valence-electron chi connectivity index (χ3n) is 4.77. The van der Waals surface area contributed by atoms with E-state index in [0.29, 0.717) is 18.1 Å². The lowest BCUT2D eigenvalue weighted by Gasteiger charge is -2.08. The van der Waals surface area contributed by atoms with Crippen LogP contribution >= 0.6 is 11.3 Å². The van der Waals surface area contributed by atoms with E-state index in [1.165, 1.54) is 0 Å². The standard InChI is InChI=1S/C21H19N3O5S/c1-25-16-5-3-13(8-18(16)26-2)7-15-10-24-20(22-23-21(24)30-15)11-27-14-4-6-17-19(9-14)29-12-28-17/h3-6,8-10H,7,11-12H2,1-2H3. The van der Waals surface area contributed by atoms with Crippen LogP contribution in [0.4, 0.5) is 0 Å². The summed E-state index contributed by atoms with van der Waals surface area (Å²) in [6.45, 7) is 0.536. The molecule has 8 nitrogen and oxygen atoms in total. The van der Waals surface area contributed by atoms with Gasteiger partial charge in [-0.05, 0) is 29.8 Å². The molecule has 1 aliphatic rings. The second-order valence-corrected chi connectivity index (χ2v) is 7.73. The molecule has 3 heterocycles. The summed E-state index contributed by atoms with van der Waals surface area (Å²) < 4.78 is 29.3. The van der Waals surface area contributed by atoms with Crippen LogP contribution in [0.25, 0.3) is 4.96 Å². The fourth-order valence-electron chi connectivity index (χ4n) is 3.28. The molecule has 0 unspecified atom stereocenters. The molecule has 0 atom stereocenters. The highest BCUT2D eigenvalue weighted by Crippen LogP contribution is 2.35. The van der Waals surface area contributed by atoms with Crippen LogP contribution in [0.3, 0.4) is 0 Å². The van der Waals surface area contributed by atoms with Crippen LogP contribution < -0.4 is 23.7 Å². The number of hydrogen-bond acceptors (Lipinski definition) is 8. The fourth-order valence-corrected chi connectivity index (χ4v) is 4.25. The molecule has 0 spiro atoms. The summed E-state index contributed by atoms with van der Waals surface area (Å²) in [5, 5.41) is 8.52. The van der Waals surface area contributed by atoms with E-state index in [2.05, 4.69) is 16.4 Å². The van der Waals surface area contributed by atoms with Crippen molar-refractivity contribution >= 4 is 16.3 Å². The number of methoxy groups -OCH3 is 2. The van der Waals surface area contributed by atoms with E-state index < -0.39 is 0 Å². The van der Waals surface area contributed by atoms with Gasteiger partial charge in [0.05, 0.1) is 14.2 Å². The molecule has 0 fully saturated rings. The molecule has 2 aromatic heterocycles. The predicted octanol–water partition coefficient (Wildman–Crippen LogP) is 3.71. The number of thiazole rings is 1. The predicted molar refractivity (Wildman–Crippen MR) is 110 cm³/mol. The van der Waals surface area contributed by atoms with E-state index >= 15 is 0 Å². The molecule has 2 aromatic carbocycles. The van der Waals surface area contributed by atoms with Crippen LogP contribution in [-0.4, -0.2) is 35.6 Å². The summed E-state index contributed by atoms with van der Waals surface area (Å²) in [5.41, 5.74) is 1.13. The number of aromatic nitrogens is 3. The van der Waals surface area contributed by atoms with Crippen molar-refractivity contribution in [3.63, 3.8) is 0 Å². The van der Waals surface area contributed by atoms with Gasteiger partial charge in [-0.1, -0.05) is 17.4 Å². The molecule has 30 heavy (non-hydrogen) atoms. The lowest BCUT2D eigenvalue weighted by molar-refractivity contribution is 0.173. The minimum atomic E-state index is 0.237. The van der Waals surface area contributed by atoms with Gasteiger partial charge in [-0.25, -0.2) is 0 Å². The zero-order valence-corrected chi connectivity index (χ0v) is 17.3. The second kappa shape index (κ2) is 7.75. The van der Waals surface area contributed by atoms with Gasteiger partial charge >= 0.3 is 0 Å². The van der Waals surface area contributed by atoms with Crippen LogP contribution in [0.15, 0.2) is 42.6 Å². The van der Waals surface area contributed by atoms with Crippen molar-refractivity contribution in [2.75, 3.05) is 21.0 Å². The SMILES string of the molecule is COc1ccc(Cc2cn3c(COc4ccc5c(c4)OCO5)nnc3s2)cc1OC. The number of hydrogen-bond donors (Lipinski definition) is 0. The van der Waals surface area contributed by atoms with Crippen molar-refractivity contribution in [2.45, 2.75) is 13.0 Å². The summed E-state index contributed by atoms with van der Waals surface area (Å²) in [7, 11) is 3.27. The Morgan fingerprint density at radius 2 is 1.87 bits per heavy atom. The smallest absolute Gasteiger partial charge is 0.231 e. The third-order valence-corrected chi connectivity index (χ3v) is 5.74. The Bertz CT molecular complexity index is 1200. The van der Waals surface area contributed by atoms with Gasteiger partial charge in [0.25, 0.3) is 0 Å². The molecular formula is C21H19N3O5S. The highest BCUT2D eigenvalue weighted by Gasteiger charge is 2.15. The Labute approximate surface area is 176 Å². The highest BCUT2D eigenvalue weighted by atomic mass is 32.1. The highest BCUT2D eigenvalue weighted by molar-refractivity contribution is 7.17. The van der Waals surface area contributed by atoms with E-state index in [1.807, 2.05) is 40.8 Å². The van der Waals surface area contributed by atoms with Crippen molar-refractivity contribution in [3.8, 4) is 28.7 Å². The topological polar surface area (TPSA) is 76.3 Å². The van der Waals surface area contributed by atoms with E-state index in [-0.39, 0.29) is 6.79 Å². The lowest BCUT2D eigenvalue weighted by atomic mass is 10.1. The quantitative estimate of drug-likeness (QED) is 0.447. The first-order valence-electron chi connectivity index (χ1n) is 9.29. The average Bonchev–Trinajstić information content (AvgIpc) is 3.48. The normalized spacial score (nSPS) is 12.3. The Morgan fingerprint density at radius 3 is 2.73 bits per heavy atom. The maximum absolute atomic E-state index is 5.88. The molecule has 0 N–H and O–H groups in total. The van der Waals surface area contributed by atoms with Gasteiger partial charge in [0, 0.05) is 23.6 Å². The van der Waals surface area contributed by atoms with Gasteiger partial charge in [-0.2, -0.15) is 0 Å². The Balaban J connectivity index is 1.31. The summed E-state index contributed by atoms with van der Waals surface area (Å²) >= 11 is 1.60. The van der Waals surface area contributed by atoms with Crippen LogP contribution in [0, 0.1) is 0 Å². The largest absolute Gasteiger partial charge is 0.493 e. The number of benzene rings is 2. The third kappa shape index (κ3) is 3.48. The summed E-state index contributed by atoms with van der Waals surface area (Å²) in [4.78, 5) is 1.99. The molecular weight excluding hydrogens is 406 g/mol. The molecule has 0 aliphatic carbocycles. The molecule has 0 radical (unpaired) electrons. The molecule has 0 bridgehead atoms. The van der Waals surface area contributed by atoms with Crippen molar-refractivity contribution in [3.05, 3.63) is 58.9 Å². The number of fused-ring (bicyclic) bond motifs is 2. The van der Waals surface area contributed by atoms with E-state index in [1.54, 1.807) is 25.6 Å². The van der Waals surface area contributed by atoms with Crippen molar-refractivity contribution in [2.24, 2.45) is 0 Å². The van der Waals surface area contributed by atoms with Gasteiger partial charge in [-0.15, -0.1) is 10.2 Å². The molecule has 0 saturated carbocycles. The average molecular weight is 425 g/mol. The Hall–Kier alpha value is -3.46. The zero-order chi connectivity index (χ0) is 20.5. The maximum atomic E-state index is 5.88. The number of rotatable bonds is 7.